The molecule has 2 N–H and O–H groups in total. The number of fused-ring (bicyclic) bond motifs is 5. The van der Waals surface area contributed by atoms with E-state index in [1.54, 1.807) is 46.1 Å². The van der Waals surface area contributed by atoms with Crippen LogP contribution in [0.15, 0.2) is 16.9 Å². The molecule has 4 aliphatic rings. The fourth-order valence-corrected chi connectivity index (χ4v) is 9.67. The van der Waals surface area contributed by atoms with Gasteiger partial charge in [0.05, 0.1) is 40.3 Å². The molecule has 2 aliphatic carbocycles. The average molecular weight is 640 g/mol. The van der Waals surface area contributed by atoms with Crippen molar-refractivity contribution in [2.75, 3.05) is 6.26 Å². The van der Waals surface area contributed by atoms with E-state index < -0.39 is 23.7 Å². The van der Waals surface area contributed by atoms with Gasteiger partial charge in [0.15, 0.2) is 5.60 Å². The Labute approximate surface area is 261 Å². The third-order valence-corrected chi connectivity index (χ3v) is 12.1. The zero-order chi connectivity index (χ0) is 30.9. The summed E-state index contributed by atoms with van der Waals surface area (Å²) in [5, 5.41) is 15.4. The largest absolute Gasteiger partial charge is 0.458 e. The van der Waals surface area contributed by atoms with Gasteiger partial charge in [-0.1, -0.05) is 34.9 Å². The predicted molar refractivity (Wildman–Crippen MR) is 167 cm³/mol. The summed E-state index contributed by atoms with van der Waals surface area (Å²) in [5.74, 6) is -1.16. The molecule has 1 saturated carbocycles. The lowest BCUT2D eigenvalue weighted by atomic mass is 9.81. The van der Waals surface area contributed by atoms with E-state index in [4.69, 9.17) is 14.5 Å². The Hall–Kier alpha value is -3.09. The van der Waals surface area contributed by atoms with Crippen molar-refractivity contribution in [3.8, 4) is 11.4 Å². The summed E-state index contributed by atoms with van der Waals surface area (Å²) in [5.41, 5.74) is 2.44. The SMILES string of the molecule is CC[C@@]1(O)C(=O)OCc2c1cc1n(c2=O)Cc2c-1nc1cc(F)c(C)c3c1c2[C@@H](NC(=O)O[C@H]1CCCC[C@@H]1SSC)CC3. The highest BCUT2D eigenvalue weighted by Crippen LogP contribution is 2.46. The van der Waals surface area contributed by atoms with Gasteiger partial charge in [-0.25, -0.2) is 19.0 Å². The first kappa shape index (κ1) is 29.6. The Morgan fingerprint density at radius 1 is 1.23 bits per heavy atom. The van der Waals surface area contributed by atoms with E-state index in [0.29, 0.717) is 35.3 Å². The smallest absolute Gasteiger partial charge is 0.407 e. The summed E-state index contributed by atoms with van der Waals surface area (Å²) >= 11 is 0. The molecule has 0 radical (unpaired) electrons. The maximum atomic E-state index is 15.2. The van der Waals surface area contributed by atoms with E-state index in [2.05, 4.69) is 5.32 Å². The summed E-state index contributed by atoms with van der Waals surface area (Å²) in [7, 11) is 3.43. The summed E-state index contributed by atoms with van der Waals surface area (Å²) in [4.78, 5) is 44.7. The normalized spacial score (nSPS) is 25.2. The van der Waals surface area contributed by atoms with Gasteiger partial charge in [0.1, 0.15) is 18.5 Å². The quantitative estimate of drug-likeness (QED) is 0.214. The number of aliphatic hydroxyl groups is 1. The van der Waals surface area contributed by atoms with Crippen LogP contribution in [0.4, 0.5) is 9.18 Å². The summed E-state index contributed by atoms with van der Waals surface area (Å²) in [6.45, 7) is 3.37. The first-order valence-corrected chi connectivity index (χ1v) is 17.8. The topological polar surface area (TPSA) is 120 Å². The van der Waals surface area contributed by atoms with Crippen LogP contribution in [0.2, 0.25) is 0 Å². The predicted octanol–water partition coefficient (Wildman–Crippen LogP) is 5.56. The third-order valence-electron chi connectivity index (χ3n) is 9.79. The van der Waals surface area contributed by atoms with E-state index in [-0.39, 0.29) is 53.4 Å². The lowest BCUT2D eigenvalue weighted by molar-refractivity contribution is -0.172. The van der Waals surface area contributed by atoms with Crippen molar-refractivity contribution in [3.63, 3.8) is 0 Å². The summed E-state index contributed by atoms with van der Waals surface area (Å²) < 4.78 is 28.0. The Morgan fingerprint density at radius 3 is 2.80 bits per heavy atom. The first-order valence-electron chi connectivity index (χ1n) is 15.1. The maximum absolute atomic E-state index is 15.2. The molecule has 1 aromatic carbocycles. The molecule has 1 fully saturated rings. The molecule has 3 aromatic rings. The van der Waals surface area contributed by atoms with E-state index in [0.717, 1.165) is 47.8 Å². The van der Waals surface area contributed by atoms with Crippen molar-refractivity contribution in [3.05, 3.63) is 61.7 Å². The summed E-state index contributed by atoms with van der Waals surface area (Å²) in [6, 6.07) is 2.62. The summed E-state index contributed by atoms with van der Waals surface area (Å²) in [6.07, 6.45) is 6.46. The average Bonchev–Trinajstić information content (AvgIpc) is 3.38. The number of amides is 1. The minimum Gasteiger partial charge on any atom is -0.458 e. The van der Waals surface area contributed by atoms with Crippen LogP contribution in [-0.4, -0.2) is 44.3 Å². The van der Waals surface area contributed by atoms with Gasteiger partial charge >= 0.3 is 12.1 Å². The molecule has 2 aliphatic heterocycles. The second-order valence-corrected chi connectivity index (χ2v) is 14.8. The molecule has 0 bridgehead atoms. The second kappa shape index (κ2) is 11.1. The Kier molecular flexibility index (Phi) is 7.44. The van der Waals surface area contributed by atoms with Crippen LogP contribution in [0.3, 0.4) is 0 Å². The zero-order valence-electron chi connectivity index (χ0n) is 24.8. The van der Waals surface area contributed by atoms with Crippen LogP contribution in [0.5, 0.6) is 0 Å². The van der Waals surface area contributed by atoms with Gasteiger partial charge in [0, 0.05) is 22.6 Å². The van der Waals surface area contributed by atoms with Crippen molar-refractivity contribution < 1.29 is 28.6 Å². The molecule has 2 aromatic heterocycles. The van der Waals surface area contributed by atoms with Gasteiger partial charge < -0.3 is 24.5 Å². The lowest BCUT2D eigenvalue weighted by Crippen LogP contribution is -2.44. The van der Waals surface area contributed by atoms with Crippen molar-refractivity contribution in [2.24, 2.45) is 0 Å². The van der Waals surface area contributed by atoms with E-state index in [1.807, 2.05) is 6.26 Å². The second-order valence-electron chi connectivity index (χ2n) is 12.1. The highest BCUT2D eigenvalue weighted by molar-refractivity contribution is 8.76. The van der Waals surface area contributed by atoms with Gasteiger partial charge in [-0.15, -0.1) is 0 Å². The van der Waals surface area contributed by atoms with Gasteiger partial charge in [-0.3, -0.25) is 4.79 Å². The molecule has 7 rings (SSSR count). The Bertz CT molecular complexity index is 1790. The number of hydrogen-bond donors (Lipinski definition) is 2. The number of aromatic nitrogens is 2. The van der Waals surface area contributed by atoms with Crippen LogP contribution < -0.4 is 10.9 Å². The minimum absolute atomic E-state index is 0.0320. The van der Waals surface area contributed by atoms with Crippen molar-refractivity contribution >= 4 is 44.6 Å². The number of halogens is 1. The maximum Gasteiger partial charge on any atom is 0.407 e. The number of esters is 1. The van der Waals surface area contributed by atoms with Gasteiger partial charge in [0.2, 0.25) is 0 Å². The molecule has 0 saturated heterocycles. The van der Waals surface area contributed by atoms with E-state index in [1.165, 1.54) is 6.07 Å². The molecule has 232 valence electrons. The number of nitrogens with one attached hydrogen (secondary N) is 1. The number of nitrogens with zero attached hydrogens (tertiary/aromatic N) is 2. The van der Waals surface area contributed by atoms with Crippen LogP contribution in [0.25, 0.3) is 22.3 Å². The number of rotatable bonds is 5. The van der Waals surface area contributed by atoms with Crippen LogP contribution in [-0.2, 0) is 39.4 Å². The fraction of sp³-hybridized carbons (Fsp3) is 0.500. The molecular weight excluding hydrogens is 605 g/mol. The fourth-order valence-electron chi connectivity index (χ4n) is 7.44. The van der Waals surface area contributed by atoms with Crippen LogP contribution >= 0.6 is 21.6 Å². The molecule has 0 spiro atoms. The lowest BCUT2D eigenvalue weighted by Gasteiger charge is -2.32. The number of hydrogen-bond acceptors (Lipinski definition) is 9. The first-order chi connectivity index (χ1) is 21.2. The third kappa shape index (κ3) is 4.47. The number of pyridine rings is 2. The number of cyclic esters (lactones) is 1. The van der Waals surface area contributed by atoms with E-state index >= 15 is 4.39 Å². The van der Waals surface area contributed by atoms with Gasteiger partial charge in [0.25, 0.3) is 5.56 Å². The molecule has 0 unspecified atom stereocenters. The molecule has 4 atom stereocenters. The number of ether oxygens (including phenoxy) is 2. The number of carbonyl (C=O) groups excluding carboxylic acids is 2. The zero-order valence-corrected chi connectivity index (χ0v) is 26.5. The highest BCUT2D eigenvalue weighted by Gasteiger charge is 2.46. The van der Waals surface area contributed by atoms with Crippen molar-refractivity contribution in [1.29, 1.82) is 0 Å². The minimum atomic E-state index is -1.95. The van der Waals surface area contributed by atoms with Gasteiger partial charge in [-0.05, 0) is 74.5 Å². The monoisotopic (exact) mass is 639 g/mol. The molecule has 12 heteroatoms. The van der Waals surface area contributed by atoms with Crippen LogP contribution in [0.1, 0.15) is 84.9 Å². The van der Waals surface area contributed by atoms with Crippen molar-refractivity contribution in [1.82, 2.24) is 14.9 Å². The Morgan fingerprint density at radius 2 is 2.02 bits per heavy atom. The molecule has 4 heterocycles. The number of benzene rings is 1. The van der Waals surface area contributed by atoms with Crippen molar-refractivity contribution in [2.45, 2.75) is 94.9 Å². The van der Waals surface area contributed by atoms with Gasteiger partial charge in [-0.2, -0.15) is 0 Å². The van der Waals surface area contributed by atoms with Crippen LogP contribution in [0, 0.1) is 12.7 Å². The molecule has 44 heavy (non-hydrogen) atoms. The molecule has 1 amide bonds. The molecular formula is C32H34FN3O6S2. The van der Waals surface area contributed by atoms with E-state index in [9.17, 15) is 19.5 Å². The highest BCUT2D eigenvalue weighted by atomic mass is 33.1. The molecule has 9 nitrogen and oxygen atoms in total. The Balaban J connectivity index is 1.34. The number of carbonyl (C=O) groups is 2. The standard InChI is InChI=1S/C32H34FN3O6S2/c1-4-32(40)19-11-23-28-17(13-36(23)29(37)18(19)14-41-30(32)38)27-21(10-9-16-15(2)20(33)12-22(34-28)26(16)27)35-31(39)42-24-7-5-6-8-25(24)44-43-3/h11-12,21,24-25,40H,4-10,13-14H2,1-3H3,(H,35,39)/t21-,24-,25-,32-/m0/s1. The number of alkyl carbamates (subject to hydrolysis) is 1. The number of aryl methyl sites for hydroxylation is 1.